The van der Waals surface area contributed by atoms with Gasteiger partial charge in [0.15, 0.2) is 17.1 Å². The van der Waals surface area contributed by atoms with E-state index in [9.17, 15) is 18.4 Å². The normalized spacial score (nSPS) is 12.0. The first kappa shape index (κ1) is 22.1. The number of nitrogens with two attached hydrogens (primary N) is 1. The Morgan fingerprint density at radius 3 is 2.61 bits per heavy atom. The lowest BCUT2D eigenvalue weighted by atomic mass is 9.98. The van der Waals surface area contributed by atoms with E-state index in [1.165, 1.54) is 6.07 Å². The molecule has 2 aromatic heterocycles. The number of pyridine rings is 1. The van der Waals surface area contributed by atoms with E-state index < -0.39 is 29.1 Å². The van der Waals surface area contributed by atoms with Crippen LogP contribution < -0.4 is 16.5 Å². The molecular weight excluding hydrogens is 428 g/mol. The Kier molecular flexibility index (Phi) is 5.68. The number of nitrogens with one attached hydrogen (secondary N) is 1. The summed E-state index contributed by atoms with van der Waals surface area (Å²) in [6.45, 7) is 5.29. The van der Waals surface area contributed by atoms with E-state index in [0.29, 0.717) is 33.4 Å². The summed E-state index contributed by atoms with van der Waals surface area (Å²) in [5.74, 6) is -3.21. The van der Waals surface area contributed by atoms with Crippen LogP contribution in [0.2, 0.25) is 0 Å². The zero-order chi connectivity index (χ0) is 23.9. The van der Waals surface area contributed by atoms with Gasteiger partial charge in [0.1, 0.15) is 16.9 Å². The van der Waals surface area contributed by atoms with E-state index >= 15 is 0 Å². The van der Waals surface area contributed by atoms with E-state index in [1.54, 1.807) is 44.4 Å². The largest absolute Gasteiger partial charge is 0.455 e. The van der Waals surface area contributed by atoms with Crippen LogP contribution in [0.5, 0.6) is 0 Å². The predicted octanol–water partition coefficient (Wildman–Crippen LogP) is 5.02. The second kappa shape index (κ2) is 8.46. The lowest BCUT2D eigenvalue weighted by Crippen LogP contribution is -2.19. The van der Waals surface area contributed by atoms with Crippen LogP contribution in [0.3, 0.4) is 0 Å². The van der Waals surface area contributed by atoms with Gasteiger partial charge in [-0.3, -0.25) is 14.6 Å². The molecule has 168 valence electrons. The van der Waals surface area contributed by atoms with Crippen molar-refractivity contribution in [2.24, 2.45) is 5.73 Å². The summed E-state index contributed by atoms with van der Waals surface area (Å²) in [6, 6.07) is 8.71. The zero-order valence-electron chi connectivity index (χ0n) is 18.2. The average molecular weight is 449 g/mol. The van der Waals surface area contributed by atoms with E-state index in [4.69, 9.17) is 10.2 Å². The lowest BCUT2D eigenvalue weighted by Gasteiger charge is -2.20. The number of halogens is 2. The van der Waals surface area contributed by atoms with Gasteiger partial charge in [0, 0.05) is 29.1 Å². The third-order valence-electron chi connectivity index (χ3n) is 5.50. The van der Waals surface area contributed by atoms with E-state index in [-0.39, 0.29) is 11.1 Å². The van der Waals surface area contributed by atoms with Crippen molar-refractivity contribution in [3.05, 3.63) is 92.9 Å². The fraction of sp³-hybridized carbons (Fsp3) is 0.160. The van der Waals surface area contributed by atoms with Gasteiger partial charge >= 0.3 is 0 Å². The molecular formula is C25H21F2N3O3. The van der Waals surface area contributed by atoms with Gasteiger partial charge in [-0.1, -0.05) is 6.07 Å². The van der Waals surface area contributed by atoms with E-state index in [0.717, 1.165) is 11.6 Å². The Bertz CT molecular complexity index is 1450. The summed E-state index contributed by atoms with van der Waals surface area (Å²) < 4.78 is 34.1. The highest BCUT2D eigenvalue weighted by atomic mass is 19.2. The third kappa shape index (κ3) is 3.95. The topological polar surface area (TPSA) is 98.2 Å². The van der Waals surface area contributed by atoms with E-state index in [2.05, 4.69) is 10.3 Å². The van der Waals surface area contributed by atoms with Crippen molar-refractivity contribution in [2.75, 3.05) is 5.32 Å². The molecule has 4 rings (SSSR count). The van der Waals surface area contributed by atoms with Crippen molar-refractivity contribution < 1.29 is 18.0 Å². The highest BCUT2D eigenvalue weighted by Crippen LogP contribution is 2.33. The molecule has 4 aromatic rings. The van der Waals surface area contributed by atoms with Gasteiger partial charge in [0.2, 0.25) is 0 Å². The molecule has 0 unspecified atom stereocenters. The van der Waals surface area contributed by atoms with E-state index in [1.807, 2.05) is 13.0 Å². The molecule has 0 aliphatic heterocycles. The Morgan fingerprint density at radius 1 is 1.18 bits per heavy atom. The number of hydrogen-bond donors (Lipinski definition) is 2. The fourth-order valence-electron chi connectivity index (χ4n) is 3.88. The van der Waals surface area contributed by atoms with Gasteiger partial charge in [-0.05, 0) is 56.7 Å². The molecule has 0 aliphatic carbocycles. The second-order valence-corrected chi connectivity index (χ2v) is 7.87. The molecule has 0 aliphatic rings. The van der Waals surface area contributed by atoms with Crippen molar-refractivity contribution in [1.82, 2.24) is 4.98 Å². The Labute approximate surface area is 188 Å². The molecule has 1 amide bonds. The maximum Gasteiger partial charge on any atom is 0.253 e. The first-order valence-electron chi connectivity index (χ1n) is 10.2. The number of aromatic nitrogens is 1. The number of anilines is 1. The van der Waals surface area contributed by atoms with Crippen molar-refractivity contribution >= 4 is 22.6 Å². The van der Waals surface area contributed by atoms with Crippen molar-refractivity contribution in [2.45, 2.75) is 26.8 Å². The summed E-state index contributed by atoms with van der Waals surface area (Å²) in [5.41, 5.74) is 7.42. The minimum Gasteiger partial charge on any atom is -0.455 e. The molecule has 0 saturated heterocycles. The van der Waals surface area contributed by atoms with Crippen LogP contribution in [-0.4, -0.2) is 10.9 Å². The second-order valence-electron chi connectivity index (χ2n) is 7.87. The summed E-state index contributed by atoms with van der Waals surface area (Å²) >= 11 is 0. The maximum absolute atomic E-state index is 14.2. The standard InChI is InChI=1S/C25H21F2N3O3/c1-12-9-16(14(3)30-19-7-6-18(26)21(27)20(19)25(28)32)24-17(10-12)22(31)13(2)23(33-24)15-5-4-8-29-11-15/h4-11,14,30H,1-3H3,(H2,28,32)/t14-/m1/s1. The molecule has 3 N–H and O–H groups in total. The molecule has 33 heavy (non-hydrogen) atoms. The highest BCUT2D eigenvalue weighted by molar-refractivity contribution is 5.99. The number of rotatable bonds is 5. The smallest absolute Gasteiger partial charge is 0.253 e. The molecule has 0 spiro atoms. The zero-order valence-corrected chi connectivity index (χ0v) is 18.2. The molecule has 2 heterocycles. The van der Waals surface area contributed by atoms with Gasteiger partial charge < -0.3 is 15.5 Å². The Balaban J connectivity index is 1.90. The van der Waals surface area contributed by atoms with Gasteiger partial charge in [0.25, 0.3) is 5.91 Å². The number of primary amides is 1. The van der Waals surface area contributed by atoms with Gasteiger partial charge in [-0.15, -0.1) is 0 Å². The number of aryl methyl sites for hydroxylation is 1. The number of fused-ring (bicyclic) bond motifs is 1. The van der Waals surface area contributed by atoms with Gasteiger partial charge in [-0.2, -0.15) is 0 Å². The molecule has 1 atom stereocenters. The minimum absolute atomic E-state index is 0.0329. The first-order valence-corrected chi connectivity index (χ1v) is 10.2. The molecule has 2 aromatic carbocycles. The highest BCUT2D eigenvalue weighted by Gasteiger charge is 2.22. The van der Waals surface area contributed by atoms with Crippen LogP contribution in [0.25, 0.3) is 22.3 Å². The molecule has 6 nitrogen and oxygen atoms in total. The summed E-state index contributed by atoms with van der Waals surface area (Å²) in [4.78, 5) is 29.0. The fourth-order valence-corrected chi connectivity index (χ4v) is 3.88. The molecule has 0 fully saturated rings. The van der Waals surface area contributed by atoms with Crippen LogP contribution in [0.1, 0.15) is 40.0 Å². The number of carbonyl (C=O) groups is 1. The SMILES string of the molecule is Cc1cc([C@@H](C)Nc2ccc(F)c(F)c2C(N)=O)c2oc(-c3cccnc3)c(C)c(=O)c2c1. The monoisotopic (exact) mass is 449 g/mol. The predicted molar refractivity (Wildman–Crippen MR) is 122 cm³/mol. The number of carbonyl (C=O) groups excluding carboxylic acids is 1. The average Bonchev–Trinajstić information content (AvgIpc) is 2.79. The number of hydrogen-bond acceptors (Lipinski definition) is 5. The number of benzene rings is 2. The van der Waals surface area contributed by atoms with Crippen LogP contribution in [0.15, 0.2) is 58.0 Å². The van der Waals surface area contributed by atoms with Crippen LogP contribution in [-0.2, 0) is 0 Å². The Hall–Kier alpha value is -4.07. The molecule has 8 heteroatoms. The molecule has 0 bridgehead atoms. The van der Waals surface area contributed by atoms with Crippen LogP contribution in [0, 0.1) is 25.5 Å². The summed E-state index contributed by atoms with van der Waals surface area (Å²) in [7, 11) is 0. The van der Waals surface area contributed by atoms with Gasteiger partial charge in [0.05, 0.1) is 17.1 Å². The number of nitrogens with zero attached hydrogens (tertiary/aromatic N) is 1. The summed E-state index contributed by atoms with van der Waals surface area (Å²) in [6.07, 6.45) is 3.23. The first-order chi connectivity index (χ1) is 15.7. The lowest BCUT2D eigenvalue weighted by molar-refractivity contribution is 0.0996. The van der Waals surface area contributed by atoms with Crippen molar-refractivity contribution in [3.8, 4) is 11.3 Å². The van der Waals surface area contributed by atoms with Crippen LogP contribution >= 0.6 is 0 Å². The maximum atomic E-state index is 14.2. The van der Waals surface area contributed by atoms with Crippen LogP contribution in [0.4, 0.5) is 14.5 Å². The minimum atomic E-state index is -1.32. The van der Waals surface area contributed by atoms with Crippen molar-refractivity contribution in [1.29, 1.82) is 0 Å². The third-order valence-corrected chi connectivity index (χ3v) is 5.50. The molecule has 0 radical (unpaired) electrons. The molecule has 0 saturated carbocycles. The number of amides is 1. The summed E-state index contributed by atoms with van der Waals surface area (Å²) in [5, 5.41) is 3.40. The van der Waals surface area contributed by atoms with Crippen molar-refractivity contribution in [3.63, 3.8) is 0 Å². The van der Waals surface area contributed by atoms with Gasteiger partial charge in [-0.25, -0.2) is 8.78 Å². The Morgan fingerprint density at radius 2 is 1.94 bits per heavy atom. The quantitative estimate of drug-likeness (QED) is 0.446.